The fourth-order valence-electron chi connectivity index (χ4n) is 1.81. The molecule has 21 heavy (non-hydrogen) atoms. The Morgan fingerprint density at radius 1 is 0.905 bits per heavy atom. The van der Waals surface area contributed by atoms with E-state index < -0.39 is 0 Å². The minimum absolute atomic E-state index is 0.560. The molecule has 0 amide bonds. The summed E-state index contributed by atoms with van der Waals surface area (Å²) in [5.74, 6) is 2.16. The molecule has 0 radical (unpaired) electrons. The monoisotopic (exact) mass is 281 g/mol. The van der Waals surface area contributed by atoms with Crippen molar-refractivity contribution in [2.75, 3.05) is 10.6 Å². The average Bonchev–Trinajstić information content (AvgIpc) is 3.06. The fraction of sp³-hybridized carbons (Fsp3) is 0.133. The van der Waals surface area contributed by atoms with Crippen LogP contribution in [0.2, 0.25) is 0 Å². The first kappa shape index (κ1) is 13.1. The Hall–Kier alpha value is -2.89. The summed E-state index contributed by atoms with van der Waals surface area (Å²) in [5, 5.41) is 6.33. The second kappa shape index (κ2) is 6.51. The van der Waals surface area contributed by atoms with Gasteiger partial charge in [-0.05, 0) is 30.3 Å². The molecule has 6 nitrogen and oxygen atoms in total. The smallest absolute Gasteiger partial charge is 0.224 e. The number of aromatic nitrogens is 3. The first-order valence-corrected chi connectivity index (χ1v) is 6.63. The lowest BCUT2D eigenvalue weighted by Gasteiger charge is -2.07. The zero-order chi connectivity index (χ0) is 14.3. The van der Waals surface area contributed by atoms with E-state index in [0.717, 1.165) is 17.3 Å². The maximum Gasteiger partial charge on any atom is 0.224 e. The zero-order valence-corrected chi connectivity index (χ0v) is 11.4. The van der Waals surface area contributed by atoms with E-state index >= 15 is 0 Å². The van der Waals surface area contributed by atoms with Gasteiger partial charge in [-0.25, -0.2) is 4.98 Å². The van der Waals surface area contributed by atoms with Gasteiger partial charge < -0.3 is 15.1 Å². The van der Waals surface area contributed by atoms with Gasteiger partial charge in [0.1, 0.15) is 11.6 Å². The van der Waals surface area contributed by atoms with Crippen molar-refractivity contribution >= 4 is 11.8 Å². The molecule has 0 saturated heterocycles. The summed E-state index contributed by atoms with van der Waals surface area (Å²) in [6.45, 7) is 1.17. The summed E-state index contributed by atoms with van der Waals surface area (Å²) >= 11 is 0. The minimum atomic E-state index is 0.560. The van der Waals surface area contributed by atoms with Gasteiger partial charge in [0.25, 0.3) is 0 Å². The second-order valence-corrected chi connectivity index (χ2v) is 4.37. The molecule has 0 saturated carbocycles. The second-order valence-electron chi connectivity index (χ2n) is 4.37. The Morgan fingerprint density at radius 3 is 2.71 bits per heavy atom. The molecule has 3 aromatic rings. The van der Waals surface area contributed by atoms with E-state index in [9.17, 15) is 0 Å². The number of nitrogens with zero attached hydrogens (tertiary/aromatic N) is 3. The minimum Gasteiger partial charge on any atom is -0.467 e. The molecule has 0 atom stereocenters. The van der Waals surface area contributed by atoms with Crippen molar-refractivity contribution in [2.45, 2.75) is 13.1 Å². The third-order valence-electron chi connectivity index (χ3n) is 2.83. The quantitative estimate of drug-likeness (QED) is 0.723. The first-order chi connectivity index (χ1) is 10.4. The highest BCUT2D eigenvalue weighted by Crippen LogP contribution is 2.09. The van der Waals surface area contributed by atoms with Crippen LogP contribution in [0.5, 0.6) is 0 Å². The number of hydrogen-bond donors (Lipinski definition) is 2. The molecular formula is C15H15N5O. The van der Waals surface area contributed by atoms with E-state index in [0.29, 0.717) is 19.0 Å². The maximum absolute atomic E-state index is 5.26. The molecule has 0 unspecified atom stereocenters. The molecule has 0 bridgehead atoms. The van der Waals surface area contributed by atoms with Gasteiger partial charge in [-0.3, -0.25) is 4.98 Å². The SMILES string of the molecule is c1ccc(CNc2nccc(NCc3ccco3)n2)nc1. The standard InChI is InChI=1S/C15H15N5O/c1-2-7-16-12(4-1)10-19-15-17-8-6-14(20-15)18-11-13-5-3-9-21-13/h1-9H,10-11H2,(H2,17,18,19,20). The summed E-state index contributed by atoms with van der Waals surface area (Å²) in [7, 11) is 0. The van der Waals surface area contributed by atoms with Gasteiger partial charge in [0.15, 0.2) is 0 Å². The summed E-state index contributed by atoms with van der Waals surface area (Å²) < 4.78 is 5.26. The molecule has 0 spiro atoms. The molecule has 106 valence electrons. The molecule has 0 aliphatic rings. The van der Waals surface area contributed by atoms with Crippen LogP contribution in [0.15, 0.2) is 59.5 Å². The topological polar surface area (TPSA) is 75.9 Å². The number of pyridine rings is 1. The van der Waals surface area contributed by atoms with E-state index in [1.54, 1.807) is 18.7 Å². The third-order valence-corrected chi connectivity index (χ3v) is 2.83. The van der Waals surface area contributed by atoms with Gasteiger partial charge in [0.05, 0.1) is 25.0 Å². The predicted molar refractivity (Wildman–Crippen MR) is 79.6 cm³/mol. The Balaban J connectivity index is 1.58. The summed E-state index contributed by atoms with van der Waals surface area (Å²) in [5.41, 5.74) is 0.940. The van der Waals surface area contributed by atoms with Gasteiger partial charge in [0.2, 0.25) is 5.95 Å². The number of anilines is 2. The molecule has 0 aromatic carbocycles. The van der Waals surface area contributed by atoms with Gasteiger partial charge >= 0.3 is 0 Å². The van der Waals surface area contributed by atoms with E-state index in [4.69, 9.17) is 4.42 Å². The van der Waals surface area contributed by atoms with Crippen molar-refractivity contribution in [3.63, 3.8) is 0 Å². The largest absolute Gasteiger partial charge is 0.467 e. The van der Waals surface area contributed by atoms with Gasteiger partial charge in [-0.2, -0.15) is 4.98 Å². The molecule has 6 heteroatoms. The molecule has 0 fully saturated rings. The van der Waals surface area contributed by atoms with Crippen molar-refractivity contribution in [1.29, 1.82) is 0 Å². The van der Waals surface area contributed by atoms with Crippen molar-refractivity contribution in [1.82, 2.24) is 15.0 Å². The molecule has 3 aromatic heterocycles. The van der Waals surface area contributed by atoms with Gasteiger partial charge in [-0.15, -0.1) is 0 Å². The molecule has 0 aliphatic carbocycles. The van der Waals surface area contributed by atoms with Crippen molar-refractivity contribution in [2.24, 2.45) is 0 Å². The molecular weight excluding hydrogens is 266 g/mol. The predicted octanol–water partition coefficient (Wildman–Crippen LogP) is 2.69. The fourth-order valence-corrected chi connectivity index (χ4v) is 1.81. The van der Waals surface area contributed by atoms with Gasteiger partial charge in [0, 0.05) is 12.4 Å². The summed E-state index contributed by atoms with van der Waals surface area (Å²) in [4.78, 5) is 12.8. The van der Waals surface area contributed by atoms with Crippen molar-refractivity contribution in [3.05, 3.63) is 66.5 Å². The normalized spacial score (nSPS) is 10.3. The molecule has 2 N–H and O–H groups in total. The van der Waals surface area contributed by atoms with Gasteiger partial charge in [-0.1, -0.05) is 6.07 Å². The highest BCUT2D eigenvalue weighted by molar-refractivity contribution is 5.39. The lowest BCUT2D eigenvalue weighted by Crippen LogP contribution is -2.07. The Bertz CT molecular complexity index is 670. The number of furan rings is 1. The molecule has 3 heterocycles. The zero-order valence-electron chi connectivity index (χ0n) is 11.4. The summed E-state index contributed by atoms with van der Waals surface area (Å²) in [6, 6.07) is 11.4. The van der Waals surface area contributed by atoms with Crippen LogP contribution in [-0.4, -0.2) is 15.0 Å². The third kappa shape index (κ3) is 3.79. The van der Waals surface area contributed by atoms with Crippen LogP contribution in [0.25, 0.3) is 0 Å². The van der Waals surface area contributed by atoms with Crippen LogP contribution in [-0.2, 0) is 13.1 Å². The molecule has 0 aliphatic heterocycles. The molecule has 3 rings (SSSR count). The van der Waals surface area contributed by atoms with Crippen LogP contribution < -0.4 is 10.6 Å². The van der Waals surface area contributed by atoms with Crippen molar-refractivity contribution in [3.8, 4) is 0 Å². The highest BCUT2D eigenvalue weighted by atomic mass is 16.3. The number of rotatable bonds is 6. The lowest BCUT2D eigenvalue weighted by atomic mass is 10.3. The Kier molecular flexibility index (Phi) is 4.07. The maximum atomic E-state index is 5.26. The Labute approximate surface area is 122 Å². The summed E-state index contributed by atoms with van der Waals surface area (Å²) in [6.07, 6.45) is 5.12. The van der Waals surface area contributed by atoms with E-state index in [-0.39, 0.29) is 0 Å². The highest BCUT2D eigenvalue weighted by Gasteiger charge is 2.01. The van der Waals surface area contributed by atoms with E-state index in [2.05, 4.69) is 25.6 Å². The van der Waals surface area contributed by atoms with Crippen molar-refractivity contribution < 1.29 is 4.42 Å². The van der Waals surface area contributed by atoms with Crippen LogP contribution >= 0.6 is 0 Å². The average molecular weight is 281 g/mol. The van der Waals surface area contributed by atoms with E-state index in [1.807, 2.05) is 36.4 Å². The lowest BCUT2D eigenvalue weighted by molar-refractivity contribution is 0.518. The number of nitrogens with one attached hydrogen (secondary N) is 2. The van der Waals surface area contributed by atoms with E-state index in [1.165, 1.54) is 0 Å². The van der Waals surface area contributed by atoms with Crippen LogP contribution in [0.3, 0.4) is 0 Å². The van der Waals surface area contributed by atoms with Crippen LogP contribution in [0.1, 0.15) is 11.5 Å². The van der Waals surface area contributed by atoms with Crippen LogP contribution in [0, 0.1) is 0 Å². The first-order valence-electron chi connectivity index (χ1n) is 6.63. The van der Waals surface area contributed by atoms with Crippen LogP contribution in [0.4, 0.5) is 11.8 Å². The Morgan fingerprint density at radius 2 is 1.90 bits per heavy atom. The number of hydrogen-bond acceptors (Lipinski definition) is 6.